The highest BCUT2D eigenvalue weighted by Gasteiger charge is 2.34. The molecule has 0 aliphatic heterocycles. The molecule has 23 heavy (non-hydrogen) atoms. The van der Waals surface area contributed by atoms with E-state index < -0.39 is 0 Å². The SMILES string of the molecule is CC(C)C(C)(C)CC(c1ccccc1)C(C)(C)N.CCC(C)=O. The van der Waals surface area contributed by atoms with Gasteiger partial charge in [-0.25, -0.2) is 0 Å². The van der Waals surface area contributed by atoms with E-state index in [0.717, 1.165) is 6.42 Å². The molecule has 0 saturated carbocycles. The highest BCUT2D eigenvalue weighted by atomic mass is 16.1. The lowest BCUT2D eigenvalue weighted by molar-refractivity contribution is -0.116. The van der Waals surface area contributed by atoms with Gasteiger partial charge in [0, 0.05) is 17.9 Å². The van der Waals surface area contributed by atoms with Crippen LogP contribution in [-0.2, 0) is 4.79 Å². The van der Waals surface area contributed by atoms with Gasteiger partial charge in [-0.1, -0.05) is 65.0 Å². The van der Waals surface area contributed by atoms with Gasteiger partial charge in [0.2, 0.25) is 0 Å². The summed E-state index contributed by atoms with van der Waals surface area (Å²) in [5, 5.41) is 0. The maximum Gasteiger partial charge on any atom is 0.129 e. The van der Waals surface area contributed by atoms with Crippen molar-refractivity contribution < 1.29 is 4.79 Å². The van der Waals surface area contributed by atoms with E-state index in [0.29, 0.717) is 23.7 Å². The molecule has 1 aromatic carbocycles. The lowest BCUT2D eigenvalue weighted by atomic mass is 9.68. The van der Waals surface area contributed by atoms with Gasteiger partial charge < -0.3 is 10.5 Å². The fourth-order valence-corrected chi connectivity index (χ4v) is 2.26. The third-order valence-electron chi connectivity index (χ3n) is 4.89. The number of ketones is 1. The van der Waals surface area contributed by atoms with Crippen LogP contribution in [0.2, 0.25) is 0 Å². The number of hydrogen-bond donors (Lipinski definition) is 1. The Bertz CT molecular complexity index is 454. The first-order chi connectivity index (χ1) is 10.4. The van der Waals surface area contributed by atoms with Crippen LogP contribution in [0.3, 0.4) is 0 Å². The van der Waals surface area contributed by atoms with E-state index in [2.05, 4.69) is 71.9 Å². The molecule has 0 amide bonds. The molecule has 1 aromatic rings. The van der Waals surface area contributed by atoms with Crippen molar-refractivity contribution in [2.75, 3.05) is 0 Å². The Morgan fingerprint density at radius 2 is 1.52 bits per heavy atom. The number of rotatable bonds is 6. The predicted octanol–water partition coefficient (Wildman–Crippen LogP) is 5.57. The summed E-state index contributed by atoms with van der Waals surface area (Å²) in [6.45, 7) is 17.0. The number of carbonyl (C=O) groups is 1. The van der Waals surface area contributed by atoms with Gasteiger partial charge in [-0.15, -0.1) is 0 Å². The third-order valence-corrected chi connectivity index (χ3v) is 4.89. The molecular formula is C21H37NO. The summed E-state index contributed by atoms with van der Waals surface area (Å²) in [4.78, 5) is 9.81. The molecule has 0 aromatic heterocycles. The van der Waals surface area contributed by atoms with Crippen molar-refractivity contribution >= 4 is 5.78 Å². The lowest BCUT2D eigenvalue weighted by Gasteiger charge is -2.39. The van der Waals surface area contributed by atoms with Crippen molar-refractivity contribution in [2.24, 2.45) is 17.1 Å². The third kappa shape index (κ3) is 8.31. The Morgan fingerprint density at radius 1 is 1.09 bits per heavy atom. The van der Waals surface area contributed by atoms with Crippen LogP contribution in [0.5, 0.6) is 0 Å². The molecule has 0 fully saturated rings. The van der Waals surface area contributed by atoms with Gasteiger partial charge in [-0.2, -0.15) is 0 Å². The molecule has 0 bridgehead atoms. The second-order valence-electron chi connectivity index (χ2n) is 8.19. The number of nitrogens with two attached hydrogens (primary N) is 1. The number of Topliss-reactive ketones (excluding diaryl/α,β-unsaturated/α-hetero) is 1. The zero-order valence-corrected chi connectivity index (χ0v) is 16.4. The molecule has 2 heteroatoms. The minimum Gasteiger partial charge on any atom is -0.325 e. The van der Waals surface area contributed by atoms with Gasteiger partial charge in [0.05, 0.1) is 0 Å². The summed E-state index contributed by atoms with van der Waals surface area (Å²) in [5.41, 5.74) is 7.89. The molecule has 0 saturated heterocycles. The summed E-state index contributed by atoms with van der Waals surface area (Å²) in [6.07, 6.45) is 1.79. The molecule has 0 heterocycles. The van der Waals surface area contributed by atoms with E-state index >= 15 is 0 Å². The summed E-state index contributed by atoms with van der Waals surface area (Å²) in [6, 6.07) is 10.7. The van der Waals surface area contributed by atoms with Gasteiger partial charge in [-0.3, -0.25) is 0 Å². The molecule has 1 rings (SSSR count). The second kappa shape index (κ2) is 9.22. The standard InChI is InChI=1S/C17H29N.C4H8O/c1-13(2)16(3,4)12-15(17(5,6)18)14-10-8-7-9-11-14;1-3-4(2)5/h7-11,13,15H,12,18H2,1-6H3;3H2,1-2H3. The zero-order valence-electron chi connectivity index (χ0n) is 16.4. The maximum absolute atomic E-state index is 9.81. The Labute approximate surface area is 143 Å². The maximum atomic E-state index is 9.81. The van der Waals surface area contributed by atoms with E-state index in [1.165, 1.54) is 5.56 Å². The first kappa shape index (κ1) is 21.9. The average Bonchev–Trinajstić information content (AvgIpc) is 2.45. The van der Waals surface area contributed by atoms with Gasteiger partial charge >= 0.3 is 0 Å². The van der Waals surface area contributed by atoms with Crippen molar-refractivity contribution in [3.8, 4) is 0 Å². The molecule has 132 valence electrons. The number of benzene rings is 1. The number of hydrogen-bond acceptors (Lipinski definition) is 2. The normalized spacial score (nSPS) is 13.3. The van der Waals surface area contributed by atoms with E-state index in [1.807, 2.05) is 6.92 Å². The predicted molar refractivity (Wildman–Crippen MR) is 102 cm³/mol. The van der Waals surface area contributed by atoms with E-state index in [-0.39, 0.29) is 11.3 Å². The molecule has 1 unspecified atom stereocenters. The topological polar surface area (TPSA) is 43.1 Å². The molecule has 2 nitrogen and oxygen atoms in total. The molecular weight excluding hydrogens is 282 g/mol. The Kier molecular flexibility index (Phi) is 8.76. The van der Waals surface area contributed by atoms with Gasteiger partial charge in [0.25, 0.3) is 0 Å². The van der Waals surface area contributed by atoms with Gasteiger partial charge in [-0.05, 0) is 44.1 Å². The van der Waals surface area contributed by atoms with Crippen molar-refractivity contribution in [3.63, 3.8) is 0 Å². The summed E-state index contributed by atoms with van der Waals surface area (Å²) in [5.74, 6) is 1.31. The Balaban J connectivity index is 0.000000841. The Morgan fingerprint density at radius 3 is 1.83 bits per heavy atom. The fraction of sp³-hybridized carbons (Fsp3) is 0.667. The first-order valence-electron chi connectivity index (χ1n) is 8.75. The van der Waals surface area contributed by atoms with Crippen molar-refractivity contribution in [1.82, 2.24) is 0 Å². The summed E-state index contributed by atoms with van der Waals surface area (Å²) in [7, 11) is 0. The molecule has 2 N–H and O–H groups in total. The average molecular weight is 320 g/mol. The van der Waals surface area contributed by atoms with Crippen LogP contribution in [0.25, 0.3) is 0 Å². The lowest BCUT2D eigenvalue weighted by Crippen LogP contribution is -2.42. The van der Waals surface area contributed by atoms with Crippen LogP contribution >= 0.6 is 0 Å². The largest absolute Gasteiger partial charge is 0.325 e. The van der Waals surface area contributed by atoms with E-state index in [1.54, 1.807) is 6.92 Å². The minimum absolute atomic E-state index is 0.187. The first-order valence-corrected chi connectivity index (χ1v) is 8.75. The van der Waals surface area contributed by atoms with Crippen LogP contribution in [0.4, 0.5) is 0 Å². The van der Waals surface area contributed by atoms with Crippen LogP contribution < -0.4 is 5.73 Å². The quantitative estimate of drug-likeness (QED) is 0.745. The Hall–Kier alpha value is -1.15. The monoisotopic (exact) mass is 319 g/mol. The number of carbonyl (C=O) groups excluding carboxylic acids is 1. The molecule has 0 aliphatic rings. The summed E-state index contributed by atoms with van der Waals surface area (Å²) >= 11 is 0. The van der Waals surface area contributed by atoms with E-state index in [9.17, 15) is 4.79 Å². The van der Waals surface area contributed by atoms with Crippen LogP contribution in [0.1, 0.15) is 79.7 Å². The van der Waals surface area contributed by atoms with Gasteiger partial charge in [0.1, 0.15) is 5.78 Å². The van der Waals surface area contributed by atoms with Crippen molar-refractivity contribution in [3.05, 3.63) is 35.9 Å². The second-order valence-corrected chi connectivity index (χ2v) is 8.19. The smallest absolute Gasteiger partial charge is 0.129 e. The van der Waals surface area contributed by atoms with E-state index in [4.69, 9.17) is 5.73 Å². The van der Waals surface area contributed by atoms with Crippen molar-refractivity contribution in [1.29, 1.82) is 0 Å². The highest BCUT2D eigenvalue weighted by Crippen LogP contribution is 2.41. The van der Waals surface area contributed by atoms with Crippen molar-refractivity contribution in [2.45, 2.75) is 79.7 Å². The summed E-state index contributed by atoms with van der Waals surface area (Å²) < 4.78 is 0. The van der Waals surface area contributed by atoms with Crippen LogP contribution in [-0.4, -0.2) is 11.3 Å². The minimum atomic E-state index is -0.187. The van der Waals surface area contributed by atoms with Crippen LogP contribution in [0.15, 0.2) is 30.3 Å². The molecule has 1 atom stereocenters. The van der Waals surface area contributed by atoms with Gasteiger partial charge in [0.15, 0.2) is 0 Å². The van der Waals surface area contributed by atoms with Crippen LogP contribution in [0, 0.1) is 11.3 Å². The zero-order chi connectivity index (χ0) is 18.3. The highest BCUT2D eigenvalue weighted by molar-refractivity contribution is 5.74. The fourth-order valence-electron chi connectivity index (χ4n) is 2.26. The molecule has 0 radical (unpaired) electrons. The molecule has 0 spiro atoms. The molecule has 0 aliphatic carbocycles.